The fraction of sp³-hybridized carbons (Fsp3) is 0.378. The summed E-state index contributed by atoms with van der Waals surface area (Å²) < 4.78 is 37.6. The van der Waals surface area contributed by atoms with Crippen molar-refractivity contribution >= 4 is 111 Å². The third kappa shape index (κ3) is 40.5. The second-order valence-electron chi connectivity index (χ2n) is 33.9. The summed E-state index contributed by atoms with van der Waals surface area (Å²) in [6, 6.07) is 66.5. The highest BCUT2D eigenvalue weighted by Crippen LogP contribution is 2.32. The Morgan fingerprint density at radius 2 is 0.716 bits per heavy atom. The van der Waals surface area contributed by atoms with Crippen molar-refractivity contribution in [3.05, 3.63) is 314 Å². The number of ether oxygens (including phenoxy) is 7. The molecular formula is C111H128Cl4N14O12. The molecule has 5 fully saturated rings. The van der Waals surface area contributed by atoms with E-state index in [4.69, 9.17) is 109 Å². The van der Waals surface area contributed by atoms with Gasteiger partial charge in [-0.3, -0.25) is 33.9 Å². The predicted molar refractivity (Wildman–Crippen MR) is 559 cm³/mol. The number of anilines is 4. The molecule has 0 amide bonds. The van der Waals surface area contributed by atoms with Gasteiger partial charge in [0.25, 0.3) is 0 Å². The molecule has 10 heterocycles. The minimum Gasteiger partial charge on any atom is -0.466 e. The molecule has 5 unspecified atom stereocenters. The molecule has 742 valence electrons. The van der Waals surface area contributed by atoms with E-state index in [9.17, 15) is 24.0 Å². The van der Waals surface area contributed by atoms with Crippen molar-refractivity contribution in [1.82, 2.24) is 30.2 Å². The molecule has 5 aromatic heterocycles. The predicted octanol–water partition coefficient (Wildman–Crippen LogP) is 24.5. The first-order chi connectivity index (χ1) is 68.6. The van der Waals surface area contributed by atoms with Crippen molar-refractivity contribution < 1.29 is 57.1 Å². The van der Waals surface area contributed by atoms with Crippen LogP contribution in [0.5, 0.6) is 34.5 Å². The zero-order valence-corrected chi connectivity index (χ0v) is 84.3. The van der Waals surface area contributed by atoms with Crippen molar-refractivity contribution in [1.29, 1.82) is 5.26 Å². The molecule has 16 rings (SSSR count). The van der Waals surface area contributed by atoms with Gasteiger partial charge in [0.2, 0.25) is 11.4 Å². The summed E-state index contributed by atoms with van der Waals surface area (Å²) >= 11 is 23.0. The van der Waals surface area contributed by atoms with Crippen LogP contribution in [0.15, 0.2) is 237 Å². The molecule has 30 heteroatoms. The number of rotatable bonds is 28. The van der Waals surface area contributed by atoms with E-state index < -0.39 is 0 Å². The molecule has 5 aliphatic heterocycles. The number of nitrogens with one attached hydrogen (secondary N) is 1. The number of aryl methyl sites for hydroxylation is 4. The van der Waals surface area contributed by atoms with Crippen LogP contribution in [0.2, 0.25) is 20.2 Å². The Labute approximate surface area is 850 Å². The van der Waals surface area contributed by atoms with Crippen LogP contribution in [0, 0.1) is 54.1 Å². The minimum atomic E-state index is -0.120. The normalized spacial score (nSPS) is 16.0. The summed E-state index contributed by atoms with van der Waals surface area (Å²) in [6.07, 6.45) is 26.1. The number of nitrogens with two attached hydrogens (primary N) is 1. The lowest BCUT2D eigenvalue weighted by atomic mass is 9.98. The van der Waals surface area contributed by atoms with Crippen LogP contribution < -0.4 is 44.9 Å². The highest BCUT2D eigenvalue weighted by molar-refractivity contribution is 6.31. The molecular weight excluding hydrogens is 1860 g/mol. The second-order valence-corrected chi connectivity index (χ2v) is 35.6. The first-order valence-electron chi connectivity index (χ1n) is 48.2. The SMILES string of the molecule is CC#N.CC1CCCN(c2ccc(CCCc3ccc(Oc4ccc(Cl)cc4)cc3)cn2)C1.CCOC(=O)C1CCCN(c2ccc(CCCc3ccc(Oc4ccc(Cl)cc4)cc3)cn2)C1.CCOC(=O)C1CCCN(c2ccc(CN)cn2)C1.CCOC(=O)C1CCCNC1.O=Cc1ccc(Oc2ccc(Cl)cc2)cc1.[C-]#[N+]c1ccc(Cl)nc1.[C-]#[N+]c1ccc(N2CCCC(C(=O)OCC)C2)nc1. The lowest BCUT2D eigenvalue weighted by Gasteiger charge is -2.32. The van der Waals surface area contributed by atoms with Gasteiger partial charge in [-0.25, -0.2) is 24.6 Å². The van der Waals surface area contributed by atoms with Crippen LogP contribution in [-0.2, 0) is 70.4 Å². The Balaban J connectivity index is 0.000000190. The first-order valence-corrected chi connectivity index (χ1v) is 49.7. The van der Waals surface area contributed by atoms with Gasteiger partial charge in [-0.15, -0.1) is 0 Å². The molecule has 0 bridgehead atoms. The number of carbonyl (C=O) groups is 5. The van der Waals surface area contributed by atoms with E-state index in [0.29, 0.717) is 101 Å². The molecule has 0 spiro atoms. The molecule has 26 nitrogen and oxygen atoms in total. The number of hydrogen-bond acceptors (Lipinski definition) is 24. The number of halogens is 4. The van der Waals surface area contributed by atoms with E-state index in [1.807, 2.05) is 125 Å². The summed E-state index contributed by atoms with van der Waals surface area (Å²) in [5.74, 6) is 8.77. The van der Waals surface area contributed by atoms with Gasteiger partial charge < -0.3 is 63.8 Å². The van der Waals surface area contributed by atoms with Crippen molar-refractivity contribution in [2.75, 3.05) is 111 Å². The van der Waals surface area contributed by atoms with Crippen LogP contribution in [0.4, 0.5) is 34.6 Å². The number of pyridine rings is 5. The van der Waals surface area contributed by atoms with E-state index in [2.05, 4.69) is 116 Å². The van der Waals surface area contributed by atoms with Gasteiger partial charge >= 0.3 is 23.9 Å². The van der Waals surface area contributed by atoms with Gasteiger partial charge in [-0.05, 0) is 322 Å². The Bertz CT molecular complexity index is 5650. The summed E-state index contributed by atoms with van der Waals surface area (Å²) in [4.78, 5) is 94.3. The zero-order valence-electron chi connectivity index (χ0n) is 81.3. The molecule has 5 aliphatic rings. The third-order valence-electron chi connectivity index (χ3n) is 23.2. The molecule has 5 atom stereocenters. The standard InChI is InChI=1S/C28H31ClN2O3.C26H29ClN2O.C14H17N3O2.C14H21N3O2.C13H9ClO2.C8H15NO2.C6H3ClN2.C2H3N/c1-2-33-28(32)23-7-4-18-31(20-23)27-17-10-22(19-30-27)6-3-5-21-8-13-25(14-9-21)34-26-15-11-24(29)12-16-26;1-20-4-3-17-29(19-20)26-16-9-22(18-28-26)6-2-5-21-7-12-24(13-8-21)30-25-14-10-23(27)11-15-25;1-3-19-14(18)11-5-4-8-17(10-11)13-7-6-12(15-2)9-16-13;1-2-19-14(18)12-4-3-7-17(10-12)13-6-5-11(8-15)9-16-13;14-11-3-7-13(8-4-11)16-12-5-1-10(9-15)2-6-12;1-2-11-8(10)7-4-3-5-9-6-7;1-8-5-2-3-6(7)9-4-5;1-2-3/h8-17,19,23H,2-7,18,20H2,1H3;7-16,18,20H,2-6,17,19H2,1H3;6-7,9,11H,3-5,8,10H2,1H3;5-6,9,12H,2-4,7-8,10,15H2,1H3;1-9H;7,9H,2-6H2,1H3;2-4H;1H3. The average molecular weight is 1990 g/mol. The van der Waals surface area contributed by atoms with Crippen LogP contribution in [0.1, 0.15) is 157 Å². The lowest BCUT2D eigenvalue weighted by Crippen LogP contribution is -2.39. The number of hydrogen-bond donors (Lipinski definition) is 2. The number of carbonyl (C=O) groups excluding carboxylic acids is 5. The zero-order chi connectivity index (χ0) is 101. The maximum atomic E-state index is 12.1. The smallest absolute Gasteiger partial charge is 0.310 e. The monoisotopic (exact) mass is 1990 g/mol. The second kappa shape index (κ2) is 62.7. The summed E-state index contributed by atoms with van der Waals surface area (Å²) in [5, 5.41) is 13.0. The van der Waals surface area contributed by atoms with Crippen LogP contribution in [0.3, 0.4) is 0 Å². The van der Waals surface area contributed by atoms with Crippen molar-refractivity contribution in [3.63, 3.8) is 0 Å². The van der Waals surface area contributed by atoms with Gasteiger partial charge in [0.1, 0.15) is 69.2 Å². The summed E-state index contributed by atoms with van der Waals surface area (Å²) in [6.45, 7) is 35.7. The third-order valence-corrected chi connectivity index (χ3v) is 24.2. The number of piperidine rings is 5. The Morgan fingerprint density at radius 1 is 0.411 bits per heavy atom. The fourth-order valence-electron chi connectivity index (χ4n) is 15.9. The number of aromatic nitrogens is 5. The topological polar surface area (TPSA) is 298 Å². The Kier molecular flexibility index (Phi) is 49.6. The van der Waals surface area contributed by atoms with Gasteiger partial charge in [-0.1, -0.05) is 108 Å². The quantitative estimate of drug-likeness (QED) is 0.0151. The maximum absolute atomic E-state index is 12.1. The van der Waals surface area contributed by atoms with E-state index in [-0.39, 0.29) is 47.5 Å². The van der Waals surface area contributed by atoms with E-state index >= 15 is 0 Å². The van der Waals surface area contributed by atoms with Gasteiger partial charge in [-0.2, -0.15) is 5.26 Å². The molecule has 0 radical (unpaired) electrons. The van der Waals surface area contributed by atoms with Crippen molar-refractivity contribution in [2.24, 2.45) is 35.3 Å². The molecule has 6 aromatic carbocycles. The number of nitriles is 1. The highest BCUT2D eigenvalue weighted by atomic mass is 35.5. The Hall–Kier alpha value is -13.2. The molecule has 141 heavy (non-hydrogen) atoms. The van der Waals surface area contributed by atoms with Crippen LogP contribution in [-0.4, -0.2) is 147 Å². The van der Waals surface area contributed by atoms with Gasteiger partial charge in [0.15, 0.2) is 0 Å². The van der Waals surface area contributed by atoms with E-state index in [1.165, 1.54) is 48.2 Å². The largest absolute Gasteiger partial charge is 0.466 e. The number of benzene rings is 6. The molecule has 3 N–H and O–H groups in total. The number of aldehydes is 1. The first kappa shape index (κ1) is 111. The highest BCUT2D eigenvalue weighted by Gasteiger charge is 2.31. The summed E-state index contributed by atoms with van der Waals surface area (Å²) in [5.41, 5.74) is 13.4. The maximum Gasteiger partial charge on any atom is 0.310 e. The molecule has 0 saturated carbocycles. The summed E-state index contributed by atoms with van der Waals surface area (Å²) in [7, 11) is 0. The molecule has 11 aromatic rings. The van der Waals surface area contributed by atoms with Crippen LogP contribution in [0.25, 0.3) is 9.69 Å². The van der Waals surface area contributed by atoms with Gasteiger partial charge in [0.05, 0.1) is 69.3 Å². The fourth-order valence-corrected chi connectivity index (χ4v) is 16.4. The number of esters is 4. The van der Waals surface area contributed by atoms with Gasteiger partial charge in [0, 0.05) is 124 Å². The molecule has 5 saturated heterocycles. The lowest BCUT2D eigenvalue weighted by molar-refractivity contribution is -0.149. The molecule has 0 aliphatic carbocycles. The minimum absolute atomic E-state index is 0.0373. The Morgan fingerprint density at radius 3 is 1.02 bits per heavy atom. The average Bonchev–Trinajstić information content (AvgIpc) is 0.841. The van der Waals surface area contributed by atoms with E-state index in [0.717, 1.165) is 200 Å². The number of nitrogens with zero attached hydrogens (tertiary/aromatic N) is 12. The van der Waals surface area contributed by atoms with Crippen molar-refractivity contribution in [3.8, 4) is 40.6 Å². The van der Waals surface area contributed by atoms with Crippen LogP contribution >= 0.6 is 46.4 Å². The van der Waals surface area contributed by atoms with Crippen molar-refractivity contribution in [2.45, 2.75) is 151 Å². The van der Waals surface area contributed by atoms with E-state index in [1.54, 1.807) is 85.2 Å².